The molecule has 28 heavy (non-hydrogen) atoms. The minimum atomic E-state index is -0.469. The molecule has 0 aromatic heterocycles. The number of nitrogens with zero attached hydrogens (tertiary/aromatic N) is 2. The van der Waals surface area contributed by atoms with Gasteiger partial charge < -0.3 is 15.0 Å². The number of halogens is 1. The minimum Gasteiger partial charge on any atom is -0.497 e. The summed E-state index contributed by atoms with van der Waals surface area (Å²) in [6.45, 7) is 5.37. The summed E-state index contributed by atoms with van der Waals surface area (Å²) in [4.78, 5) is 17.1. The first-order valence-corrected chi connectivity index (χ1v) is 9.84. The molecule has 1 N–H and O–H groups in total. The maximum Gasteiger partial charge on any atom is 0.256 e. The molecule has 6 heteroatoms. The van der Waals surface area contributed by atoms with Gasteiger partial charge in [0, 0.05) is 45.3 Å². The molecule has 2 fully saturated rings. The highest BCUT2D eigenvalue weighted by Gasteiger charge is 2.32. The lowest BCUT2D eigenvalue weighted by molar-refractivity contribution is 0.0769. The average molecular weight is 383 g/mol. The molecular weight excluding hydrogens is 357 g/mol. The van der Waals surface area contributed by atoms with Crippen molar-refractivity contribution in [2.45, 2.75) is 12.5 Å². The van der Waals surface area contributed by atoms with E-state index in [-0.39, 0.29) is 11.5 Å². The van der Waals surface area contributed by atoms with Crippen LogP contribution in [-0.2, 0) is 0 Å². The van der Waals surface area contributed by atoms with E-state index in [1.54, 1.807) is 18.1 Å². The number of rotatable bonds is 4. The molecule has 2 aliphatic rings. The van der Waals surface area contributed by atoms with Crippen molar-refractivity contribution in [1.82, 2.24) is 15.1 Å². The van der Waals surface area contributed by atoms with Crippen LogP contribution in [0.3, 0.4) is 0 Å². The van der Waals surface area contributed by atoms with Crippen LogP contribution in [0, 0.1) is 5.82 Å². The monoisotopic (exact) mass is 383 g/mol. The van der Waals surface area contributed by atoms with Crippen LogP contribution in [0.25, 0.3) is 11.1 Å². The largest absolute Gasteiger partial charge is 0.497 e. The first-order valence-electron chi connectivity index (χ1n) is 9.84. The van der Waals surface area contributed by atoms with Gasteiger partial charge in [-0.3, -0.25) is 9.69 Å². The Morgan fingerprint density at radius 3 is 2.46 bits per heavy atom. The van der Waals surface area contributed by atoms with Crippen LogP contribution in [0.1, 0.15) is 16.8 Å². The average Bonchev–Trinajstić information content (AvgIpc) is 3.24. The number of likely N-dealkylation sites (tertiary alicyclic amines) is 1. The van der Waals surface area contributed by atoms with Gasteiger partial charge in [0.25, 0.3) is 5.91 Å². The van der Waals surface area contributed by atoms with Gasteiger partial charge >= 0.3 is 0 Å². The Morgan fingerprint density at radius 2 is 1.79 bits per heavy atom. The molecule has 0 aliphatic carbocycles. The van der Waals surface area contributed by atoms with E-state index in [2.05, 4.69) is 10.2 Å². The number of nitrogens with one attached hydrogen (secondary N) is 1. The lowest BCUT2D eigenvalue weighted by Crippen LogP contribution is -2.49. The quantitative estimate of drug-likeness (QED) is 0.882. The third kappa shape index (κ3) is 3.88. The number of hydrogen-bond donors (Lipinski definition) is 1. The number of ether oxygens (including phenoxy) is 1. The third-order valence-corrected chi connectivity index (χ3v) is 5.74. The molecule has 0 saturated carbocycles. The lowest BCUT2D eigenvalue weighted by atomic mass is 10.0. The summed E-state index contributed by atoms with van der Waals surface area (Å²) in [6, 6.07) is 12.7. The summed E-state index contributed by atoms with van der Waals surface area (Å²) >= 11 is 0. The van der Waals surface area contributed by atoms with Gasteiger partial charge in [-0.05, 0) is 41.8 Å². The van der Waals surface area contributed by atoms with E-state index in [4.69, 9.17) is 4.74 Å². The van der Waals surface area contributed by atoms with Gasteiger partial charge in [0.2, 0.25) is 0 Å². The fraction of sp³-hybridized carbons (Fsp3) is 0.409. The van der Waals surface area contributed by atoms with E-state index < -0.39 is 5.82 Å². The van der Waals surface area contributed by atoms with Gasteiger partial charge in [-0.15, -0.1) is 0 Å². The van der Waals surface area contributed by atoms with Gasteiger partial charge in [-0.1, -0.05) is 18.2 Å². The fourth-order valence-electron chi connectivity index (χ4n) is 4.09. The second-order valence-electron chi connectivity index (χ2n) is 7.40. The Bertz CT molecular complexity index is 834. The van der Waals surface area contributed by atoms with E-state index in [9.17, 15) is 9.18 Å². The zero-order valence-corrected chi connectivity index (χ0v) is 16.2. The molecular formula is C22H26FN3O2. The first-order chi connectivity index (χ1) is 13.7. The molecule has 1 amide bonds. The first kappa shape index (κ1) is 18.9. The highest BCUT2D eigenvalue weighted by molar-refractivity contribution is 5.95. The maximum absolute atomic E-state index is 14.7. The topological polar surface area (TPSA) is 44.8 Å². The number of methoxy groups -OCH3 is 1. The molecule has 2 saturated heterocycles. The summed E-state index contributed by atoms with van der Waals surface area (Å²) in [6.07, 6.45) is 0.956. The summed E-state index contributed by atoms with van der Waals surface area (Å²) in [5.74, 6) is 0.0736. The normalized spacial score (nSPS) is 20.4. The van der Waals surface area contributed by atoms with Crippen LogP contribution >= 0.6 is 0 Å². The minimum absolute atomic E-state index is 0.151. The van der Waals surface area contributed by atoms with Crippen molar-refractivity contribution in [1.29, 1.82) is 0 Å². The van der Waals surface area contributed by atoms with E-state index in [0.717, 1.165) is 49.5 Å². The molecule has 148 valence electrons. The number of hydrogen-bond acceptors (Lipinski definition) is 4. The van der Waals surface area contributed by atoms with E-state index in [1.807, 2.05) is 30.3 Å². The second kappa shape index (κ2) is 8.29. The standard InChI is InChI=1S/C22H26FN3O2/c1-28-19-5-2-16(3-6-19)17-4-7-20(21(23)14-17)22(27)26-11-8-18(15-26)25-12-9-24-10-13-25/h2-7,14,18,24H,8-13,15H2,1H3. The van der Waals surface area contributed by atoms with E-state index in [1.165, 1.54) is 6.07 Å². The Morgan fingerprint density at radius 1 is 1.07 bits per heavy atom. The van der Waals surface area contributed by atoms with Crippen molar-refractivity contribution in [2.75, 3.05) is 46.4 Å². The van der Waals surface area contributed by atoms with Crippen molar-refractivity contribution in [3.8, 4) is 16.9 Å². The Hall–Kier alpha value is -2.44. The highest BCUT2D eigenvalue weighted by Crippen LogP contribution is 2.26. The predicted molar refractivity (Wildman–Crippen MR) is 107 cm³/mol. The maximum atomic E-state index is 14.7. The van der Waals surface area contributed by atoms with Gasteiger partial charge in [0.15, 0.2) is 0 Å². The van der Waals surface area contributed by atoms with Gasteiger partial charge in [-0.25, -0.2) is 4.39 Å². The number of amides is 1. The molecule has 4 rings (SSSR count). The Balaban J connectivity index is 1.45. The predicted octanol–water partition coefficient (Wildman–Crippen LogP) is 2.62. The van der Waals surface area contributed by atoms with Crippen LogP contribution < -0.4 is 10.1 Å². The number of piperazine rings is 1. The molecule has 2 heterocycles. The molecule has 1 atom stereocenters. The second-order valence-corrected chi connectivity index (χ2v) is 7.40. The van der Waals surface area contributed by atoms with Crippen LogP contribution in [-0.4, -0.2) is 68.1 Å². The van der Waals surface area contributed by atoms with Crippen molar-refractivity contribution in [3.05, 3.63) is 53.8 Å². The molecule has 0 radical (unpaired) electrons. The fourth-order valence-corrected chi connectivity index (χ4v) is 4.09. The highest BCUT2D eigenvalue weighted by atomic mass is 19.1. The number of benzene rings is 2. The molecule has 0 bridgehead atoms. The lowest BCUT2D eigenvalue weighted by Gasteiger charge is -2.32. The van der Waals surface area contributed by atoms with Crippen molar-refractivity contribution in [3.63, 3.8) is 0 Å². The zero-order valence-electron chi connectivity index (χ0n) is 16.2. The Kier molecular flexibility index (Phi) is 5.59. The number of carbonyl (C=O) groups is 1. The van der Waals surface area contributed by atoms with Crippen LogP contribution in [0.4, 0.5) is 4.39 Å². The molecule has 0 spiro atoms. The van der Waals surface area contributed by atoms with E-state index >= 15 is 0 Å². The van der Waals surface area contributed by atoms with Crippen molar-refractivity contribution >= 4 is 5.91 Å². The zero-order chi connectivity index (χ0) is 19.5. The molecule has 2 aliphatic heterocycles. The molecule has 1 unspecified atom stereocenters. The summed E-state index contributed by atoms with van der Waals surface area (Å²) < 4.78 is 19.9. The van der Waals surface area contributed by atoms with Crippen LogP contribution in [0.2, 0.25) is 0 Å². The van der Waals surface area contributed by atoms with Gasteiger partial charge in [-0.2, -0.15) is 0 Å². The van der Waals surface area contributed by atoms with Crippen LogP contribution in [0.5, 0.6) is 5.75 Å². The summed E-state index contributed by atoms with van der Waals surface area (Å²) in [5, 5.41) is 3.35. The Labute approximate surface area is 165 Å². The van der Waals surface area contributed by atoms with Crippen molar-refractivity contribution < 1.29 is 13.9 Å². The van der Waals surface area contributed by atoms with Gasteiger partial charge in [0.05, 0.1) is 12.7 Å². The SMILES string of the molecule is COc1ccc(-c2ccc(C(=O)N3CCC(N4CCNCC4)C3)c(F)c2)cc1. The molecule has 5 nitrogen and oxygen atoms in total. The molecule has 2 aromatic rings. The summed E-state index contributed by atoms with van der Waals surface area (Å²) in [7, 11) is 1.61. The van der Waals surface area contributed by atoms with Crippen molar-refractivity contribution in [2.24, 2.45) is 0 Å². The van der Waals surface area contributed by atoms with Gasteiger partial charge in [0.1, 0.15) is 11.6 Å². The summed E-state index contributed by atoms with van der Waals surface area (Å²) in [5.41, 5.74) is 1.79. The third-order valence-electron chi connectivity index (χ3n) is 5.74. The van der Waals surface area contributed by atoms with Crippen LogP contribution in [0.15, 0.2) is 42.5 Å². The molecule has 2 aromatic carbocycles. The smallest absolute Gasteiger partial charge is 0.256 e. The van der Waals surface area contributed by atoms with E-state index in [0.29, 0.717) is 19.1 Å². The number of carbonyl (C=O) groups excluding carboxylic acids is 1.